The van der Waals surface area contributed by atoms with Crippen molar-refractivity contribution >= 4 is 17.7 Å². The molecule has 0 saturated heterocycles. The van der Waals surface area contributed by atoms with E-state index in [0.29, 0.717) is 11.3 Å². The molecule has 6 heteroatoms. The van der Waals surface area contributed by atoms with Gasteiger partial charge in [0.1, 0.15) is 0 Å². The summed E-state index contributed by atoms with van der Waals surface area (Å²) < 4.78 is 0. The number of benzene rings is 1. The summed E-state index contributed by atoms with van der Waals surface area (Å²) in [7, 11) is 0. The minimum Gasteiger partial charge on any atom is -0.481 e. The number of urea groups is 1. The number of amides is 2. The third-order valence-corrected chi connectivity index (χ3v) is 2.29. The summed E-state index contributed by atoms with van der Waals surface area (Å²) in [5.74, 6) is -0.989. The first kappa shape index (κ1) is 14.5. The fourth-order valence-electron chi connectivity index (χ4n) is 1.56. The molecule has 0 bridgehead atoms. The van der Waals surface area contributed by atoms with Crippen LogP contribution in [0.2, 0.25) is 0 Å². The molecule has 0 aliphatic carbocycles. The quantitative estimate of drug-likeness (QED) is 0.770. The third-order valence-electron chi connectivity index (χ3n) is 2.29. The number of carbonyl (C=O) groups excluding carboxylic acids is 1. The zero-order valence-corrected chi connectivity index (χ0v) is 10.7. The Kier molecular flexibility index (Phi) is 4.48. The van der Waals surface area contributed by atoms with E-state index in [1.807, 2.05) is 6.07 Å². The van der Waals surface area contributed by atoms with Crippen LogP contribution in [0.3, 0.4) is 0 Å². The molecule has 2 amide bonds. The van der Waals surface area contributed by atoms with Crippen molar-refractivity contribution in [1.82, 2.24) is 5.32 Å². The second-order valence-corrected chi connectivity index (χ2v) is 4.73. The summed E-state index contributed by atoms with van der Waals surface area (Å²) in [6, 6.07) is 7.90. The van der Waals surface area contributed by atoms with Gasteiger partial charge in [-0.2, -0.15) is 5.26 Å². The van der Waals surface area contributed by atoms with E-state index in [4.69, 9.17) is 10.4 Å². The highest BCUT2D eigenvalue weighted by Gasteiger charge is 2.23. The van der Waals surface area contributed by atoms with Crippen LogP contribution in [-0.4, -0.2) is 22.6 Å². The fourth-order valence-corrected chi connectivity index (χ4v) is 1.56. The molecule has 0 aliphatic heterocycles. The topological polar surface area (TPSA) is 102 Å². The molecular formula is C13H15N3O3. The Morgan fingerprint density at radius 3 is 2.68 bits per heavy atom. The number of carboxylic acid groups (broad SMARTS) is 1. The number of rotatable bonds is 4. The Bertz CT molecular complexity index is 532. The highest BCUT2D eigenvalue weighted by molar-refractivity contribution is 5.90. The first-order valence-corrected chi connectivity index (χ1v) is 5.63. The van der Waals surface area contributed by atoms with Crippen molar-refractivity contribution in [1.29, 1.82) is 5.26 Å². The van der Waals surface area contributed by atoms with E-state index in [-0.39, 0.29) is 6.42 Å². The van der Waals surface area contributed by atoms with Gasteiger partial charge < -0.3 is 15.7 Å². The van der Waals surface area contributed by atoms with Crippen LogP contribution in [0.1, 0.15) is 25.8 Å². The summed E-state index contributed by atoms with van der Waals surface area (Å²) in [5, 5.41) is 22.6. The number of nitrogens with zero attached hydrogens (tertiary/aromatic N) is 1. The summed E-state index contributed by atoms with van der Waals surface area (Å²) in [6.07, 6.45) is -0.182. The molecule has 1 rings (SSSR count). The highest BCUT2D eigenvalue weighted by atomic mass is 16.4. The maximum atomic E-state index is 11.7. The molecule has 100 valence electrons. The molecular weight excluding hydrogens is 246 g/mol. The van der Waals surface area contributed by atoms with Gasteiger partial charge in [0.15, 0.2) is 0 Å². The molecule has 0 atom stereocenters. The smallest absolute Gasteiger partial charge is 0.319 e. The predicted molar refractivity (Wildman–Crippen MR) is 69.6 cm³/mol. The van der Waals surface area contributed by atoms with Crippen molar-refractivity contribution in [3.8, 4) is 6.07 Å². The van der Waals surface area contributed by atoms with Crippen molar-refractivity contribution in [2.24, 2.45) is 0 Å². The van der Waals surface area contributed by atoms with Crippen LogP contribution in [0.15, 0.2) is 24.3 Å². The SMILES string of the molecule is CC(C)(CC(=O)O)NC(=O)Nc1cccc(C#N)c1. The molecule has 0 saturated carbocycles. The third kappa shape index (κ3) is 5.08. The highest BCUT2D eigenvalue weighted by Crippen LogP contribution is 2.12. The predicted octanol–water partition coefficient (Wildman–Crippen LogP) is 1.93. The number of hydrogen-bond donors (Lipinski definition) is 3. The lowest BCUT2D eigenvalue weighted by atomic mass is 10.0. The average molecular weight is 261 g/mol. The largest absolute Gasteiger partial charge is 0.481 e. The van der Waals surface area contributed by atoms with E-state index in [9.17, 15) is 9.59 Å². The van der Waals surface area contributed by atoms with Crippen molar-refractivity contribution in [2.75, 3.05) is 5.32 Å². The number of nitriles is 1. The number of hydrogen-bond acceptors (Lipinski definition) is 3. The molecule has 19 heavy (non-hydrogen) atoms. The fraction of sp³-hybridized carbons (Fsp3) is 0.308. The minimum absolute atomic E-state index is 0.182. The van der Waals surface area contributed by atoms with Gasteiger partial charge >= 0.3 is 12.0 Å². The van der Waals surface area contributed by atoms with Gasteiger partial charge in [-0.15, -0.1) is 0 Å². The Hall–Kier alpha value is -2.55. The Morgan fingerprint density at radius 1 is 1.42 bits per heavy atom. The number of nitrogens with one attached hydrogen (secondary N) is 2. The standard InChI is InChI=1S/C13H15N3O3/c1-13(2,7-11(17)18)16-12(19)15-10-5-3-4-9(6-10)8-14/h3-6H,7H2,1-2H3,(H,17,18)(H2,15,16,19). The molecule has 6 nitrogen and oxygen atoms in total. The van der Waals surface area contributed by atoms with Gasteiger partial charge in [0, 0.05) is 11.2 Å². The summed E-state index contributed by atoms with van der Waals surface area (Å²) >= 11 is 0. The van der Waals surface area contributed by atoms with Gasteiger partial charge in [-0.3, -0.25) is 4.79 Å². The van der Waals surface area contributed by atoms with Gasteiger partial charge in [-0.05, 0) is 32.0 Å². The minimum atomic E-state index is -0.989. The maximum Gasteiger partial charge on any atom is 0.319 e. The van der Waals surface area contributed by atoms with Crippen molar-refractivity contribution in [3.63, 3.8) is 0 Å². The van der Waals surface area contributed by atoms with Crippen LogP contribution in [0.5, 0.6) is 0 Å². The zero-order chi connectivity index (χ0) is 14.5. The van der Waals surface area contributed by atoms with Crippen molar-refractivity contribution in [3.05, 3.63) is 29.8 Å². The van der Waals surface area contributed by atoms with Crippen molar-refractivity contribution < 1.29 is 14.7 Å². The Labute approximate surface area is 111 Å². The van der Waals surface area contributed by atoms with Gasteiger partial charge in [-0.1, -0.05) is 6.07 Å². The van der Waals surface area contributed by atoms with E-state index in [1.54, 1.807) is 32.0 Å². The normalized spacial score (nSPS) is 10.4. The van der Waals surface area contributed by atoms with E-state index in [2.05, 4.69) is 10.6 Å². The first-order valence-electron chi connectivity index (χ1n) is 5.63. The van der Waals surface area contributed by atoms with Crippen LogP contribution in [0, 0.1) is 11.3 Å². The van der Waals surface area contributed by atoms with E-state index in [0.717, 1.165) is 0 Å². The lowest BCUT2D eigenvalue weighted by Gasteiger charge is -2.24. The lowest BCUT2D eigenvalue weighted by molar-refractivity contribution is -0.138. The molecule has 0 spiro atoms. The number of anilines is 1. The summed E-state index contributed by atoms with van der Waals surface area (Å²) in [5.41, 5.74) is 0.0493. The second kappa shape index (κ2) is 5.87. The van der Waals surface area contributed by atoms with Gasteiger partial charge in [0.2, 0.25) is 0 Å². The molecule has 1 aromatic rings. The second-order valence-electron chi connectivity index (χ2n) is 4.73. The number of carbonyl (C=O) groups is 2. The number of carboxylic acids is 1. The molecule has 1 aromatic carbocycles. The molecule has 0 heterocycles. The molecule has 3 N–H and O–H groups in total. The van der Waals surface area contributed by atoms with Crippen LogP contribution in [0.25, 0.3) is 0 Å². The first-order chi connectivity index (χ1) is 8.82. The molecule has 0 aromatic heterocycles. The Morgan fingerprint density at radius 2 is 2.11 bits per heavy atom. The zero-order valence-electron chi connectivity index (χ0n) is 10.7. The molecule has 0 fully saturated rings. The van der Waals surface area contributed by atoms with E-state index >= 15 is 0 Å². The van der Waals surface area contributed by atoms with E-state index < -0.39 is 17.5 Å². The Balaban J connectivity index is 2.65. The van der Waals surface area contributed by atoms with Gasteiger partial charge in [0.05, 0.1) is 18.1 Å². The monoisotopic (exact) mass is 261 g/mol. The van der Waals surface area contributed by atoms with Gasteiger partial charge in [-0.25, -0.2) is 4.79 Å². The van der Waals surface area contributed by atoms with Crippen LogP contribution in [-0.2, 0) is 4.79 Å². The van der Waals surface area contributed by atoms with Crippen molar-refractivity contribution in [2.45, 2.75) is 25.8 Å². The molecule has 0 aliphatic rings. The van der Waals surface area contributed by atoms with Crippen LogP contribution < -0.4 is 10.6 Å². The van der Waals surface area contributed by atoms with Crippen LogP contribution >= 0.6 is 0 Å². The lowest BCUT2D eigenvalue weighted by Crippen LogP contribution is -2.46. The molecule has 0 radical (unpaired) electrons. The van der Waals surface area contributed by atoms with Gasteiger partial charge in [0.25, 0.3) is 0 Å². The van der Waals surface area contributed by atoms with E-state index in [1.165, 1.54) is 6.07 Å². The number of aliphatic carboxylic acids is 1. The maximum absolute atomic E-state index is 11.7. The molecule has 0 unspecified atom stereocenters. The summed E-state index contributed by atoms with van der Waals surface area (Å²) in [4.78, 5) is 22.3. The average Bonchev–Trinajstić information content (AvgIpc) is 2.26. The summed E-state index contributed by atoms with van der Waals surface area (Å²) in [6.45, 7) is 3.23. The van der Waals surface area contributed by atoms with Crippen LogP contribution in [0.4, 0.5) is 10.5 Å².